The van der Waals surface area contributed by atoms with Gasteiger partial charge in [0.2, 0.25) is 0 Å². The van der Waals surface area contributed by atoms with Gasteiger partial charge >= 0.3 is 0 Å². The second-order valence-electron chi connectivity index (χ2n) is 9.41. The fourth-order valence-electron chi connectivity index (χ4n) is 7.00. The van der Waals surface area contributed by atoms with Gasteiger partial charge in [0.05, 0.1) is 0 Å². The topological polar surface area (TPSA) is 0 Å². The molecule has 3 saturated carbocycles. The van der Waals surface area contributed by atoms with Crippen molar-refractivity contribution in [3.63, 3.8) is 0 Å². The summed E-state index contributed by atoms with van der Waals surface area (Å²) in [7, 11) is 0. The fourth-order valence-corrected chi connectivity index (χ4v) is 7.00. The summed E-state index contributed by atoms with van der Waals surface area (Å²) in [6.07, 6.45) is 8.85. The van der Waals surface area contributed by atoms with Crippen LogP contribution >= 0.6 is 0 Å². The van der Waals surface area contributed by atoms with Crippen molar-refractivity contribution in [1.29, 1.82) is 0 Å². The van der Waals surface area contributed by atoms with E-state index in [0.717, 1.165) is 11.8 Å². The maximum atomic E-state index is 2.64. The average Bonchev–Trinajstić information content (AvgIpc) is 2.79. The van der Waals surface area contributed by atoms with Crippen molar-refractivity contribution in [2.75, 3.05) is 0 Å². The third-order valence-electron chi connectivity index (χ3n) is 7.51. The van der Waals surface area contributed by atoms with Crippen LogP contribution in [-0.4, -0.2) is 0 Å². The highest BCUT2D eigenvalue weighted by Gasteiger charge is 2.69. The Morgan fingerprint density at radius 3 is 2.00 bits per heavy atom. The van der Waals surface area contributed by atoms with Crippen LogP contribution in [0.25, 0.3) is 0 Å². The molecule has 0 N–H and O–H groups in total. The van der Waals surface area contributed by atoms with E-state index in [2.05, 4.69) is 41.5 Å². The molecule has 18 heavy (non-hydrogen) atoms. The first-order chi connectivity index (χ1) is 8.17. The van der Waals surface area contributed by atoms with Gasteiger partial charge in [-0.15, -0.1) is 0 Å². The van der Waals surface area contributed by atoms with Gasteiger partial charge in [0.1, 0.15) is 0 Å². The Kier molecular flexibility index (Phi) is 2.43. The Bertz CT molecular complexity index is 356. The predicted molar refractivity (Wildman–Crippen MR) is 78.5 cm³/mol. The zero-order valence-electron chi connectivity index (χ0n) is 13.4. The van der Waals surface area contributed by atoms with Gasteiger partial charge in [-0.1, -0.05) is 48.0 Å². The van der Waals surface area contributed by atoms with Crippen LogP contribution in [0, 0.1) is 33.5 Å². The Morgan fingerprint density at radius 1 is 1.06 bits per heavy atom. The van der Waals surface area contributed by atoms with Crippen molar-refractivity contribution < 1.29 is 0 Å². The molecule has 0 aromatic rings. The average molecular weight is 248 g/mol. The molecular formula is C18H32. The molecule has 3 aliphatic rings. The second-order valence-corrected chi connectivity index (χ2v) is 9.41. The summed E-state index contributed by atoms with van der Waals surface area (Å²) in [6.45, 7) is 15.2. The van der Waals surface area contributed by atoms with Crippen molar-refractivity contribution >= 4 is 0 Å². The number of fused-ring (bicyclic) bond motifs is 1. The van der Waals surface area contributed by atoms with E-state index in [4.69, 9.17) is 0 Å². The Balaban J connectivity index is 1.86. The monoisotopic (exact) mass is 248 g/mol. The summed E-state index contributed by atoms with van der Waals surface area (Å²) < 4.78 is 0. The van der Waals surface area contributed by atoms with E-state index in [-0.39, 0.29) is 0 Å². The summed E-state index contributed by atoms with van der Waals surface area (Å²) in [6, 6.07) is 0. The van der Waals surface area contributed by atoms with E-state index < -0.39 is 0 Å². The largest absolute Gasteiger partial charge is 0.0651 e. The Labute approximate surface area is 114 Å². The van der Waals surface area contributed by atoms with Gasteiger partial charge in [-0.05, 0) is 65.6 Å². The normalized spacial score (nSPS) is 49.3. The summed E-state index contributed by atoms with van der Waals surface area (Å²) in [4.78, 5) is 0. The van der Waals surface area contributed by atoms with Crippen molar-refractivity contribution in [3.05, 3.63) is 0 Å². The van der Waals surface area contributed by atoms with E-state index in [1.54, 1.807) is 0 Å². The lowest BCUT2D eigenvalue weighted by atomic mass is 9.44. The molecule has 3 rings (SSSR count). The molecule has 0 aromatic heterocycles. The maximum absolute atomic E-state index is 2.64. The molecule has 0 aliphatic heterocycles. The highest BCUT2D eigenvalue weighted by atomic mass is 14.7. The standard InChI is InChI=1S/C18H32/c1-7-14(16(4)11-15(2,3)12-16)17(5)9-8-13-10-18(13,17)6/h13-14H,7-12H2,1-6H3/t13?,14?,17?,18-/m1/s1. The second kappa shape index (κ2) is 3.36. The lowest BCUT2D eigenvalue weighted by Crippen LogP contribution is -2.52. The lowest BCUT2D eigenvalue weighted by Gasteiger charge is -2.60. The van der Waals surface area contributed by atoms with Gasteiger partial charge in [0.25, 0.3) is 0 Å². The smallest absolute Gasteiger partial charge is 0.0236 e. The first kappa shape index (κ1) is 13.0. The van der Waals surface area contributed by atoms with Gasteiger partial charge < -0.3 is 0 Å². The quantitative estimate of drug-likeness (QED) is 0.604. The molecule has 0 saturated heterocycles. The molecule has 0 nitrogen and oxygen atoms in total. The summed E-state index contributed by atoms with van der Waals surface area (Å²) in [5.74, 6) is 2.03. The van der Waals surface area contributed by atoms with Crippen molar-refractivity contribution in [2.45, 2.75) is 80.1 Å². The van der Waals surface area contributed by atoms with E-state index in [9.17, 15) is 0 Å². The van der Waals surface area contributed by atoms with Gasteiger partial charge in [-0.25, -0.2) is 0 Å². The Morgan fingerprint density at radius 2 is 1.67 bits per heavy atom. The fraction of sp³-hybridized carbons (Fsp3) is 1.00. The molecule has 0 aromatic carbocycles. The van der Waals surface area contributed by atoms with E-state index in [1.165, 1.54) is 38.5 Å². The molecule has 4 atom stereocenters. The van der Waals surface area contributed by atoms with Crippen molar-refractivity contribution in [1.82, 2.24) is 0 Å². The van der Waals surface area contributed by atoms with Gasteiger partial charge in [-0.3, -0.25) is 0 Å². The van der Waals surface area contributed by atoms with Crippen LogP contribution in [0.4, 0.5) is 0 Å². The van der Waals surface area contributed by atoms with E-state index in [1.807, 2.05) is 0 Å². The minimum Gasteiger partial charge on any atom is -0.0651 e. The first-order valence-electron chi connectivity index (χ1n) is 8.17. The van der Waals surface area contributed by atoms with Crippen LogP contribution in [0.1, 0.15) is 80.1 Å². The first-order valence-corrected chi connectivity index (χ1v) is 8.17. The number of hydrogen-bond acceptors (Lipinski definition) is 0. The molecule has 3 fully saturated rings. The summed E-state index contributed by atoms with van der Waals surface area (Å²) in [5, 5.41) is 0. The Hall–Kier alpha value is 0. The van der Waals surface area contributed by atoms with Crippen LogP contribution in [0.5, 0.6) is 0 Å². The van der Waals surface area contributed by atoms with Crippen LogP contribution in [0.3, 0.4) is 0 Å². The highest BCUT2D eigenvalue weighted by molar-refractivity contribution is 5.18. The lowest BCUT2D eigenvalue weighted by molar-refractivity contribution is -0.111. The van der Waals surface area contributed by atoms with Crippen molar-refractivity contribution in [3.8, 4) is 0 Å². The molecule has 0 spiro atoms. The summed E-state index contributed by atoms with van der Waals surface area (Å²) >= 11 is 0. The highest BCUT2D eigenvalue weighted by Crippen LogP contribution is 2.78. The molecule has 3 aliphatic carbocycles. The zero-order chi connectivity index (χ0) is 13.4. The molecule has 3 unspecified atom stereocenters. The van der Waals surface area contributed by atoms with Crippen LogP contribution in [-0.2, 0) is 0 Å². The molecular weight excluding hydrogens is 216 g/mol. The maximum Gasteiger partial charge on any atom is -0.0236 e. The van der Waals surface area contributed by atoms with E-state index in [0.29, 0.717) is 21.7 Å². The number of rotatable bonds is 3. The number of hydrogen-bond donors (Lipinski definition) is 0. The SMILES string of the molecule is CCC(C1(C)CC(C)(C)C1)C1(C)CCC2C[C@]21C. The van der Waals surface area contributed by atoms with Crippen molar-refractivity contribution in [2.24, 2.45) is 33.5 Å². The predicted octanol–water partition coefficient (Wildman–Crippen LogP) is 5.67. The molecule has 0 heterocycles. The minimum absolute atomic E-state index is 0.612. The third-order valence-corrected chi connectivity index (χ3v) is 7.51. The zero-order valence-corrected chi connectivity index (χ0v) is 13.4. The van der Waals surface area contributed by atoms with Gasteiger partial charge in [-0.2, -0.15) is 0 Å². The van der Waals surface area contributed by atoms with E-state index >= 15 is 0 Å². The van der Waals surface area contributed by atoms with Gasteiger partial charge in [0, 0.05) is 0 Å². The third kappa shape index (κ3) is 1.44. The molecule has 0 heteroatoms. The summed E-state index contributed by atoms with van der Waals surface area (Å²) in [5.41, 5.74) is 2.59. The van der Waals surface area contributed by atoms with Crippen LogP contribution in [0.15, 0.2) is 0 Å². The van der Waals surface area contributed by atoms with Gasteiger partial charge in [0.15, 0.2) is 0 Å². The molecule has 0 amide bonds. The minimum atomic E-state index is 0.612. The molecule has 0 bridgehead atoms. The molecule has 104 valence electrons. The van der Waals surface area contributed by atoms with Crippen LogP contribution < -0.4 is 0 Å². The van der Waals surface area contributed by atoms with Crippen LogP contribution in [0.2, 0.25) is 0 Å². The molecule has 0 radical (unpaired) electrons.